The molecule has 0 fully saturated rings. The Morgan fingerprint density at radius 2 is 1.79 bits per heavy atom. The van der Waals surface area contributed by atoms with Crippen molar-refractivity contribution >= 4 is 26.8 Å². The first-order chi connectivity index (χ1) is 9.13. The third kappa shape index (κ3) is 2.29. The van der Waals surface area contributed by atoms with Crippen molar-refractivity contribution < 1.29 is 9.50 Å². The predicted octanol–water partition coefficient (Wildman–Crippen LogP) is 3.90. The summed E-state index contributed by atoms with van der Waals surface area (Å²) in [4.78, 5) is 8.15. The summed E-state index contributed by atoms with van der Waals surface area (Å²) >= 11 is 3.16. The minimum absolute atomic E-state index is 0.0694. The Labute approximate surface area is 116 Å². The summed E-state index contributed by atoms with van der Waals surface area (Å²) in [5.74, 6) is -0.221. The Bertz CT molecular complexity index is 759. The topological polar surface area (TPSA) is 46.0 Å². The highest BCUT2D eigenvalue weighted by atomic mass is 79.9. The number of nitrogens with zero attached hydrogens (tertiary/aromatic N) is 2. The number of phenols is 1. The van der Waals surface area contributed by atoms with Crippen LogP contribution in [-0.4, -0.2) is 15.1 Å². The zero-order valence-electron chi connectivity index (χ0n) is 9.64. The van der Waals surface area contributed by atoms with Crippen LogP contribution in [0.5, 0.6) is 5.75 Å². The van der Waals surface area contributed by atoms with Gasteiger partial charge in [-0.15, -0.1) is 0 Å². The summed E-state index contributed by atoms with van der Waals surface area (Å²) in [5.41, 5.74) is 2.09. The van der Waals surface area contributed by atoms with Gasteiger partial charge in [0.15, 0.2) is 4.73 Å². The average molecular weight is 319 g/mol. The lowest BCUT2D eigenvalue weighted by Gasteiger charge is -2.06. The minimum Gasteiger partial charge on any atom is -0.506 e. The average Bonchev–Trinajstić information content (AvgIpc) is 2.40. The molecule has 0 amide bonds. The third-order valence-electron chi connectivity index (χ3n) is 2.81. The van der Waals surface area contributed by atoms with E-state index in [1.165, 1.54) is 12.1 Å². The lowest BCUT2D eigenvalue weighted by atomic mass is 10.0. The Balaban J connectivity index is 2.20. The quantitative estimate of drug-likeness (QED) is 0.692. The van der Waals surface area contributed by atoms with E-state index in [1.54, 1.807) is 24.4 Å². The lowest BCUT2D eigenvalue weighted by Crippen LogP contribution is -1.87. The van der Waals surface area contributed by atoms with Crippen LogP contribution in [0.2, 0.25) is 0 Å². The van der Waals surface area contributed by atoms with E-state index in [2.05, 4.69) is 25.9 Å². The van der Waals surface area contributed by atoms with E-state index in [0.717, 1.165) is 16.5 Å². The van der Waals surface area contributed by atoms with Crippen LogP contribution >= 0.6 is 15.9 Å². The van der Waals surface area contributed by atoms with Crippen LogP contribution < -0.4 is 0 Å². The van der Waals surface area contributed by atoms with Crippen LogP contribution in [0.25, 0.3) is 22.0 Å². The van der Waals surface area contributed by atoms with E-state index in [4.69, 9.17) is 0 Å². The van der Waals surface area contributed by atoms with Gasteiger partial charge in [0, 0.05) is 11.6 Å². The Morgan fingerprint density at radius 3 is 2.53 bits per heavy atom. The number of fused-ring (bicyclic) bond motifs is 1. The van der Waals surface area contributed by atoms with Crippen LogP contribution in [-0.2, 0) is 0 Å². The molecule has 0 aliphatic heterocycles. The number of aromatic nitrogens is 2. The van der Waals surface area contributed by atoms with Crippen molar-refractivity contribution in [1.82, 2.24) is 9.97 Å². The Kier molecular flexibility index (Phi) is 2.91. The van der Waals surface area contributed by atoms with Gasteiger partial charge in [-0.25, -0.2) is 14.4 Å². The molecule has 3 rings (SSSR count). The summed E-state index contributed by atoms with van der Waals surface area (Å²) < 4.78 is 13.3. The second-order valence-electron chi connectivity index (χ2n) is 4.08. The number of hydrogen-bond donors (Lipinski definition) is 1. The lowest BCUT2D eigenvalue weighted by molar-refractivity contribution is 0.480. The molecule has 0 spiro atoms. The van der Waals surface area contributed by atoms with Gasteiger partial charge >= 0.3 is 0 Å². The highest BCUT2D eigenvalue weighted by Gasteiger charge is 2.07. The molecule has 2 aromatic carbocycles. The largest absolute Gasteiger partial charge is 0.506 e. The molecule has 0 saturated carbocycles. The van der Waals surface area contributed by atoms with Crippen molar-refractivity contribution in [1.29, 1.82) is 0 Å². The summed E-state index contributed by atoms with van der Waals surface area (Å²) in [7, 11) is 0. The first-order valence-electron chi connectivity index (χ1n) is 5.55. The number of hydrogen-bond acceptors (Lipinski definition) is 3. The molecular formula is C14H8BrFN2O. The van der Waals surface area contributed by atoms with E-state index in [-0.39, 0.29) is 11.6 Å². The van der Waals surface area contributed by atoms with Gasteiger partial charge in [0.2, 0.25) is 0 Å². The van der Waals surface area contributed by atoms with Crippen molar-refractivity contribution in [3.63, 3.8) is 0 Å². The molecule has 0 aliphatic carbocycles. The molecule has 94 valence electrons. The second-order valence-corrected chi connectivity index (χ2v) is 4.79. The van der Waals surface area contributed by atoms with E-state index >= 15 is 0 Å². The van der Waals surface area contributed by atoms with E-state index in [9.17, 15) is 9.50 Å². The number of halogens is 2. The molecule has 0 atom stereocenters. The zero-order chi connectivity index (χ0) is 13.4. The fraction of sp³-hybridized carbons (Fsp3) is 0. The predicted molar refractivity (Wildman–Crippen MR) is 74.3 cm³/mol. The molecule has 0 unspecified atom stereocenters. The molecular weight excluding hydrogens is 311 g/mol. The fourth-order valence-corrected chi connectivity index (χ4v) is 2.19. The number of rotatable bonds is 1. The standard InChI is InChI=1S/C14H8BrFN2O/c15-14-17-7-10-5-9(6-12(19)13(10)18-14)8-1-3-11(16)4-2-8/h1-7,19H. The van der Waals surface area contributed by atoms with Crippen molar-refractivity contribution in [2.24, 2.45) is 0 Å². The molecule has 3 aromatic rings. The van der Waals surface area contributed by atoms with Crippen molar-refractivity contribution in [2.75, 3.05) is 0 Å². The maximum Gasteiger partial charge on any atom is 0.197 e. The van der Waals surface area contributed by atoms with Crippen LogP contribution in [0, 0.1) is 5.82 Å². The molecule has 1 N–H and O–H groups in total. The SMILES string of the molecule is Oc1cc(-c2ccc(F)cc2)cc2cnc(Br)nc12. The fourth-order valence-electron chi connectivity index (χ4n) is 1.91. The van der Waals surface area contributed by atoms with Crippen molar-refractivity contribution in [2.45, 2.75) is 0 Å². The maximum atomic E-state index is 12.9. The minimum atomic E-state index is -0.291. The highest BCUT2D eigenvalue weighted by Crippen LogP contribution is 2.30. The Morgan fingerprint density at radius 1 is 1.05 bits per heavy atom. The van der Waals surface area contributed by atoms with Crippen LogP contribution in [0.3, 0.4) is 0 Å². The molecule has 0 saturated heterocycles. The monoisotopic (exact) mass is 318 g/mol. The van der Waals surface area contributed by atoms with Gasteiger partial charge < -0.3 is 5.11 Å². The second kappa shape index (κ2) is 4.59. The van der Waals surface area contributed by atoms with Gasteiger partial charge in [-0.05, 0) is 51.3 Å². The molecule has 0 bridgehead atoms. The van der Waals surface area contributed by atoms with Gasteiger partial charge in [0.1, 0.15) is 17.1 Å². The first-order valence-corrected chi connectivity index (χ1v) is 6.34. The van der Waals surface area contributed by atoms with Gasteiger partial charge in [0.05, 0.1) is 0 Å². The number of benzene rings is 2. The van der Waals surface area contributed by atoms with Gasteiger partial charge in [-0.1, -0.05) is 12.1 Å². The summed E-state index contributed by atoms with van der Waals surface area (Å²) in [6, 6.07) is 9.55. The normalized spacial score (nSPS) is 10.8. The first kappa shape index (κ1) is 12.0. The summed E-state index contributed by atoms with van der Waals surface area (Å²) in [6.07, 6.45) is 1.62. The van der Waals surface area contributed by atoms with Crippen LogP contribution in [0.4, 0.5) is 4.39 Å². The molecule has 5 heteroatoms. The number of phenolic OH excluding ortho intramolecular Hbond substituents is 1. The van der Waals surface area contributed by atoms with Crippen LogP contribution in [0.1, 0.15) is 0 Å². The smallest absolute Gasteiger partial charge is 0.197 e. The van der Waals surface area contributed by atoms with Crippen LogP contribution in [0.15, 0.2) is 47.3 Å². The van der Waals surface area contributed by atoms with E-state index < -0.39 is 0 Å². The molecule has 3 nitrogen and oxygen atoms in total. The molecule has 19 heavy (non-hydrogen) atoms. The maximum absolute atomic E-state index is 12.9. The summed E-state index contributed by atoms with van der Waals surface area (Å²) in [5, 5.41) is 10.7. The molecule has 0 aliphatic rings. The third-order valence-corrected chi connectivity index (χ3v) is 3.19. The van der Waals surface area contributed by atoms with Gasteiger partial charge in [-0.3, -0.25) is 0 Å². The van der Waals surface area contributed by atoms with Gasteiger partial charge in [-0.2, -0.15) is 0 Å². The van der Waals surface area contributed by atoms with E-state index in [0.29, 0.717) is 10.3 Å². The molecule has 1 aromatic heterocycles. The highest BCUT2D eigenvalue weighted by molar-refractivity contribution is 9.10. The van der Waals surface area contributed by atoms with E-state index in [1.807, 2.05) is 6.07 Å². The molecule has 1 heterocycles. The van der Waals surface area contributed by atoms with Gasteiger partial charge in [0.25, 0.3) is 0 Å². The Hall–Kier alpha value is -2.01. The zero-order valence-corrected chi connectivity index (χ0v) is 11.2. The molecule has 0 radical (unpaired) electrons. The van der Waals surface area contributed by atoms with Crippen molar-refractivity contribution in [3.8, 4) is 16.9 Å². The number of aromatic hydroxyl groups is 1. The summed E-state index contributed by atoms with van der Waals surface area (Å²) in [6.45, 7) is 0. The van der Waals surface area contributed by atoms with Crippen molar-refractivity contribution in [3.05, 3.63) is 53.1 Å².